The zero-order valence-corrected chi connectivity index (χ0v) is 18.8. The Hall–Kier alpha value is -3.22. The largest absolute Gasteiger partial charge is 0.494 e. The summed E-state index contributed by atoms with van der Waals surface area (Å²) in [6, 6.07) is 20.5. The molecule has 0 spiro atoms. The number of para-hydroxylation sites is 1. The van der Waals surface area contributed by atoms with Crippen molar-refractivity contribution in [3.05, 3.63) is 87.8 Å². The number of amides is 2. The average Bonchev–Trinajstić information content (AvgIpc) is 3.06. The molecule has 0 radical (unpaired) electrons. The molecular formula is C25H19ClN2O3S. The predicted octanol–water partition coefficient (Wildman–Crippen LogP) is 5.74. The summed E-state index contributed by atoms with van der Waals surface area (Å²) in [4.78, 5) is 29.5. The molecule has 0 bridgehead atoms. The van der Waals surface area contributed by atoms with Gasteiger partial charge in [-0.3, -0.25) is 9.59 Å². The second-order valence-corrected chi connectivity index (χ2v) is 8.81. The number of carbonyl (C=O) groups is 2. The maximum absolute atomic E-state index is 13.6. The fraction of sp³-hybridized carbons (Fsp3) is 0.120. The Bertz CT molecular complexity index is 1290. The zero-order chi connectivity index (χ0) is 22.2. The van der Waals surface area contributed by atoms with Crippen LogP contribution in [0.1, 0.15) is 18.1 Å². The molecule has 0 atom stereocenters. The van der Waals surface area contributed by atoms with E-state index in [1.807, 2.05) is 67.6 Å². The molecule has 0 saturated heterocycles. The second-order valence-electron chi connectivity index (χ2n) is 7.35. The predicted molar refractivity (Wildman–Crippen MR) is 128 cm³/mol. The smallest absolute Gasteiger partial charge is 0.263 e. The van der Waals surface area contributed by atoms with Crippen molar-refractivity contribution in [2.45, 2.75) is 18.4 Å². The van der Waals surface area contributed by atoms with E-state index in [0.717, 1.165) is 27.5 Å². The van der Waals surface area contributed by atoms with Gasteiger partial charge in [-0.25, -0.2) is 0 Å². The summed E-state index contributed by atoms with van der Waals surface area (Å²) in [6.07, 6.45) is 0. The molecule has 0 aromatic heterocycles. The number of thioether (sulfide) groups is 1. The molecule has 0 fully saturated rings. The second kappa shape index (κ2) is 8.37. The van der Waals surface area contributed by atoms with Crippen molar-refractivity contribution in [2.75, 3.05) is 16.8 Å². The van der Waals surface area contributed by atoms with Crippen LogP contribution in [0, 0.1) is 0 Å². The topological polar surface area (TPSA) is 58.6 Å². The molecule has 32 heavy (non-hydrogen) atoms. The van der Waals surface area contributed by atoms with E-state index in [4.69, 9.17) is 16.3 Å². The highest BCUT2D eigenvalue weighted by molar-refractivity contribution is 8.04. The summed E-state index contributed by atoms with van der Waals surface area (Å²) in [7, 11) is 0. The normalized spacial score (nSPS) is 17.1. The summed E-state index contributed by atoms with van der Waals surface area (Å²) < 4.78 is 5.60. The van der Waals surface area contributed by atoms with Crippen LogP contribution in [-0.4, -0.2) is 18.4 Å². The quantitative estimate of drug-likeness (QED) is 0.502. The van der Waals surface area contributed by atoms with E-state index in [-0.39, 0.29) is 11.8 Å². The molecule has 5 rings (SSSR count). The molecule has 0 saturated carbocycles. The van der Waals surface area contributed by atoms with Crippen molar-refractivity contribution in [1.29, 1.82) is 0 Å². The van der Waals surface area contributed by atoms with Crippen LogP contribution in [0.4, 0.5) is 11.4 Å². The fourth-order valence-electron chi connectivity index (χ4n) is 3.90. The van der Waals surface area contributed by atoms with E-state index < -0.39 is 0 Å². The highest BCUT2D eigenvalue weighted by atomic mass is 35.5. The molecular weight excluding hydrogens is 444 g/mol. The van der Waals surface area contributed by atoms with Gasteiger partial charge in [0.15, 0.2) is 0 Å². The number of hydrogen-bond acceptors (Lipinski definition) is 4. The van der Waals surface area contributed by atoms with Crippen LogP contribution in [0.2, 0.25) is 5.02 Å². The van der Waals surface area contributed by atoms with Crippen molar-refractivity contribution in [2.24, 2.45) is 0 Å². The van der Waals surface area contributed by atoms with Gasteiger partial charge in [-0.15, -0.1) is 0 Å². The van der Waals surface area contributed by atoms with Gasteiger partial charge in [0, 0.05) is 15.5 Å². The van der Waals surface area contributed by atoms with Gasteiger partial charge in [0.25, 0.3) is 11.8 Å². The highest BCUT2D eigenvalue weighted by Gasteiger charge is 2.38. The molecule has 1 N–H and O–H groups in total. The van der Waals surface area contributed by atoms with Crippen LogP contribution in [0.5, 0.6) is 5.75 Å². The number of ether oxygens (including phenoxy) is 1. The summed E-state index contributed by atoms with van der Waals surface area (Å²) >= 11 is 7.65. The van der Waals surface area contributed by atoms with E-state index in [1.165, 1.54) is 11.8 Å². The SMILES string of the molecule is CCOc1ccc2c(c1)SC(=C1C(=O)N(Cc3ccccc3Cl)c3ccccc31)C(=O)N2. The third-order valence-electron chi connectivity index (χ3n) is 5.37. The summed E-state index contributed by atoms with van der Waals surface area (Å²) in [5, 5.41) is 3.51. The minimum atomic E-state index is -0.288. The van der Waals surface area contributed by atoms with Crippen molar-refractivity contribution >= 4 is 52.1 Å². The lowest BCUT2D eigenvalue weighted by Crippen LogP contribution is -2.27. The Labute approximate surface area is 195 Å². The molecule has 2 aliphatic heterocycles. The standard InChI is InChI=1S/C25H19ClN2O3S/c1-2-31-16-11-12-19-21(13-16)32-23(24(29)27-19)22-17-8-4-6-10-20(17)28(25(22)30)14-15-7-3-5-9-18(15)26/h3-13H,2,14H2,1H3,(H,27,29). The zero-order valence-electron chi connectivity index (χ0n) is 17.2. The molecule has 2 heterocycles. The third kappa shape index (κ3) is 3.55. The Balaban J connectivity index is 1.58. The summed E-state index contributed by atoms with van der Waals surface area (Å²) in [5.74, 6) is 0.218. The van der Waals surface area contributed by atoms with Gasteiger partial charge < -0.3 is 15.0 Å². The van der Waals surface area contributed by atoms with Gasteiger partial charge in [-0.2, -0.15) is 0 Å². The molecule has 7 heteroatoms. The average molecular weight is 463 g/mol. The minimum Gasteiger partial charge on any atom is -0.494 e. The highest BCUT2D eigenvalue weighted by Crippen LogP contribution is 2.47. The van der Waals surface area contributed by atoms with Gasteiger partial charge in [0.1, 0.15) is 5.75 Å². The number of hydrogen-bond donors (Lipinski definition) is 1. The maximum atomic E-state index is 13.6. The lowest BCUT2D eigenvalue weighted by molar-refractivity contribution is -0.114. The van der Waals surface area contributed by atoms with Crippen LogP contribution in [0.25, 0.3) is 5.57 Å². The Morgan fingerprint density at radius 1 is 1.03 bits per heavy atom. The van der Waals surface area contributed by atoms with Crippen molar-refractivity contribution in [3.8, 4) is 5.75 Å². The van der Waals surface area contributed by atoms with E-state index in [0.29, 0.717) is 34.3 Å². The lowest BCUT2D eigenvalue weighted by atomic mass is 10.1. The number of halogens is 1. The van der Waals surface area contributed by atoms with Crippen LogP contribution in [0.3, 0.4) is 0 Å². The molecule has 0 unspecified atom stereocenters. The summed E-state index contributed by atoms with van der Waals surface area (Å²) in [6.45, 7) is 2.79. The van der Waals surface area contributed by atoms with Gasteiger partial charge in [0.2, 0.25) is 0 Å². The maximum Gasteiger partial charge on any atom is 0.263 e. The fourth-order valence-corrected chi connectivity index (χ4v) is 5.16. The molecule has 0 aliphatic carbocycles. The van der Waals surface area contributed by atoms with Crippen LogP contribution < -0.4 is 15.0 Å². The number of anilines is 2. The third-order valence-corrected chi connectivity index (χ3v) is 6.89. The first-order chi connectivity index (χ1) is 15.6. The number of rotatable bonds is 4. The van der Waals surface area contributed by atoms with Crippen LogP contribution in [-0.2, 0) is 16.1 Å². The van der Waals surface area contributed by atoms with Gasteiger partial charge in [0.05, 0.1) is 35.0 Å². The first-order valence-corrected chi connectivity index (χ1v) is 11.4. The first-order valence-electron chi connectivity index (χ1n) is 10.2. The molecule has 2 aliphatic rings. The van der Waals surface area contributed by atoms with Crippen LogP contribution in [0.15, 0.2) is 76.5 Å². The van der Waals surface area contributed by atoms with Gasteiger partial charge in [-0.05, 0) is 42.8 Å². The van der Waals surface area contributed by atoms with Crippen molar-refractivity contribution in [3.63, 3.8) is 0 Å². The minimum absolute atomic E-state index is 0.215. The molecule has 3 aromatic carbocycles. The summed E-state index contributed by atoms with van der Waals surface area (Å²) in [5.41, 5.74) is 3.46. The van der Waals surface area contributed by atoms with E-state index in [2.05, 4.69) is 5.32 Å². The number of nitrogens with one attached hydrogen (secondary N) is 1. The van der Waals surface area contributed by atoms with Crippen molar-refractivity contribution < 1.29 is 14.3 Å². The number of nitrogens with zero attached hydrogens (tertiary/aromatic N) is 1. The van der Waals surface area contributed by atoms with E-state index in [9.17, 15) is 9.59 Å². The number of fused-ring (bicyclic) bond motifs is 2. The van der Waals surface area contributed by atoms with E-state index >= 15 is 0 Å². The number of carbonyl (C=O) groups excluding carboxylic acids is 2. The molecule has 160 valence electrons. The first kappa shape index (κ1) is 20.7. The van der Waals surface area contributed by atoms with Crippen LogP contribution >= 0.6 is 23.4 Å². The van der Waals surface area contributed by atoms with E-state index in [1.54, 1.807) is 11.0 Å². The molecule has 5 nitrogen and oxygen atoms in total. The Morgan fingerprint density at radius 2 is 1.81 bits per heavy atom. The monoisotopic (exact) mass is 462 g/mol. The Kier molecular flexibility index (Phi) is 5.41. The van der Waals surface area contributed by atoms with Gasteiger partial charge in [-0.1, -0.05) is 59.8 Å². The number of benzene rings is 3. The van der Waals surface area contributed by atoms with Gasteiger partial charge >= 0.3 is 0 Å². The van der Waals surface area contributed by atoms with Crippen molar-refractivity contribution in [1.82, 2.24) is 0 Å². The lowest BCUT2D eigenvalue weighted by Gasteiger charge is -2.21. The Morgan fingerprint density at radius 3 is 2.62 bits per heavy atom. The molecule has 2 amide bonds. The molecule has 3 aromatic rings.